The number of carbonyl (C=O) groups is 1. The van der Waals surface area contributed by atoms with Crippen LogP contribution >= 0.6 is 0 Å². The van der Waals surface area contributed by atoms with E-state index in [4.69, 9.17) is 14.5 Å². The number of carboxylic acids is 1. The summed E-state index contributed by atoms with van der Waals surface area (Å²) in [5.74, 6) is 0.246. The lowest BCUT2D eigenvalue weighted by atomic mass is 9.90. The van der Waals surface area contributed by atoms with E-state index in [1.807, 2.05) is 30.0 Å². The quantitative estimate of drug-likeness (QED) is 0.434. The van der Waals surface area contributed by atoms with Crippen LogP contribution in [0.4, 0.5) is 5.95 Å². The number of aliphatic carboxylic acids is 1. The number of para-hydroxylation sites is 1. The molecule has 6 rings (SSSR count). The number of benzene rings is 2. The van der Waals surface area contributed by atoms with Gasteiger partial charge in [-0.15, -0.1) is 0 Å². The first-order chi connectivity index (χ1) is 19.9. The highest BCUT2D eigenvalue weighted by molar-refractivity contribution is 5.73. The molecule has 8 heteroatoms. The van der Waals surface area contributed by atoms with E-state index in [2.05, 4.69) is 41.9 Å². The van der Waals surface area contributed by atoms with Gasteiger partial charge in [0.15, 0.2) is 0 Å². The van der Waals surface area contributed by atoms with Crippen molar-refractivity contribution in [3.05, 3.63) is 70.4 Å². The van der Waals surface area contributed by atoms with Crippen LogP contribution in [0.1, 0.15) is 47.6 Å². The molecule has 1 N–H and O–H groups in total. The van der Waals surface area contributed by atoms with Gasteiger partial charge in [0.05, 0.1) is 11.6 Å². The molecule has 2 saturated heterocycles. The molecule has 0 aliphatic carbocycles. The van der Waals surface area contributed by atoms with Crippen LogP contribution in [0, 0.1) is 25.7 Å². The number of hydrogen-bond acceptors (Lipinski definition) is 7. The summed E-state index contributed by atoms with van der Waals surface area (Å²) in [6, 6.07) is 13.2. The maximum absolute atomic E-state index is 11.6. The molecule has 3 aromatic rings. The third-order valence-electron chi connectivity index (χ3n) is 9.25. The number of hydrogen-bond donors (Lipinski definition) is 1. The van der Waals surface area contributed by atoms with Crippen LogP contribution in [-0.4, -0.2) is 64.8 Å². The van der Waals surface area contributed by atoms with Crippen LogP contribution in [0.5, 0.6) is 5.75 Å². The second-order valence-electron chi connectivity index (χ2n) is 11.9. The molecule has 0 spiro atoms. The molecule has 2 aromatic carbocycles. The molecule has 8 nitrogen and oxygen atoms in total. The summed E-state index contributed by atoms with van der Waals surface area (Å²) in [6.45, 7) is 11.7. The van der Waals surface area contributed by atoms with Crippen LogP contribution < -0.4 is 9.64 Å². The number of aromatic nitrogens is 2. The zero-order valence-electron chi connectivity index (χ0n) is 24.3. The zero-order valence-corrected chi connectivity index (χ0v) is 24.3. The van der Waals surface area contributed by atoms with Crippen LogP contribution in [-0.2, 0) is 29.1 Å². The van der Waals surface area contributed by atoms with E-state index >= 15 is 0 Å². The molecule has 0 radical (unpaired) electrons. The molecule has 3 aliphatic rings. The third kappa shape index (κ3) is 5.68. The van der Waals surface area contributed by atoms with E-state index in [-0.39, 0.29) is 5.92 Å². The highest BCUT2D eigenvalue weighted by Crippen LogP contribution is 2.35. The molecule has 4 heterocycles. The number of ether oxygens (including phenoxy) is 2. The van der Waals surface area contributed by atoms with Crippen molar-refractivity contribution < 1.29 is 19.4 Å². The Morgan fingerprint density at radius 3 is 2.73 bits per heavy atom. The second kappa shape index (κ2) is 11.8. The van der Waals surface area contributed by atoms with Gasteiger partial charge in [0, 0.05) is 57.2 Å². The molecule has 216 valence electrons. The van der Waals surface area contributed by atoms with Crippen LogP contribution in [0.2, 0.25) is 0 Å². The first-order valence-electron chi connectivity index (χ1n) is 14.8. The lowest BCUT2D eigenvalue weighted by Crippen LogP contribution is -2.42. The summed E-state index contributed by atoms with van der Waals surface area (Å²) in [5, 5.41) is 9.56. The first-order valence-corrected chi connectivity index (χ1v) is 14.8. The lowest BCUT2D eigenvalue weighted by molar-refractivity contribution is -0.142. The summed E-state index contributed by atoms with van der Waals surface area (Å²) in [6.07, 6.45) is 5.09. The Bertz CT molecular complexity index is 1420. The van der Waals surface area contributed by atoms with E-state index in [9.17, 15) is 9.90 Å². The van der Waals surface area contributed by atoms with Gasteiger partial charge in [0.25, 0.3) is 0 Å². The Hall–Kier alpha value is -3.49. The summed E-state index contributed by atoms with van der Waals surface area (Å²) >= 11 is 0. The zero-order chi connectivity index (χ0) is 28.5. The second-order valence-corrected chi connectivity index (χ2v) is 11.9. The maximum atomic E-state index is 11.6. The fourth-order valence-electron chi connectivity index (χ4n) is 6.73. The summed E-state index contributed by atoms with van der Waals surface area (Å²) in [4.78, 5) is 25.6. The smallest absolute Gasteiger partial charge is 0.308 e. The molecule has 41 heavy (non-hydrogen) atoms. The molecule has 1 unspecified atom stereocenters. The van der Waals surface area contributed by atoms with Crippen molar-refractivity contribution in [1.82, 2.24) is 14.9 Å². The van der Waals surface area contributed by atoms with Gasteiger partial charge in [-0.3, -0.25) is 9.69 Å². The van der Waals surface area contributed by atoms with Gasteiger partial charge in [0.2, 0.25) is 5.95 Å². The van der Waals surface area contributed by atoms with Crippen molar-refractivity contribution in [1.29, 1.82) is 0 Å². The predicted molar refractivity (Wildman–Crippen MR) is 158 cm³/mol. The normalized spacial score (nSPS) is 21.6. The number of fused-ring (bicyclic) bond motifs is 1. The minimum absolute atomic E-state index is 0.0439. The number of carboxylic acid groups (broad SMARTS) is 1. The molecule has 2 fully saturated rings. The van der Waals surface area contributed by atoms with E-state index < -0.39 is 11.9 Å². The first kappa shape index (κ1) is 27.7. The van der Waals surface area contributed by atoms with Crippen molar-refractivity contribution in [3.8, 4) is 17.0 Å². The molecule has 0 saturated carbocycles. The number of nitrogens with zero attached hydrogens (tertiary/aromatic N) is 4. The Morgan fingerprint density at radius 2 is 1.95 bits per heavy atom. The monoisotopic (exact) mass is 556 g/mol. The minimum Gasteiger partial charge on any atom is -0.488 e. The fourth-order valence-corrected chi connectivity index (χ4v) is 6.73. The Kier molecular flexibility index (Phi) is 7.95. The largest absolute Gasteiger partial charge is 0.488 e. The van der Waals surface area contributed by atoms with E-state index in [0.717, 1.165) is 68.1 Å². The highest BCUT2D eigenvalue weighted by atomic mass is 16.5. The van der Waals surface area contributed by atoms with Crippen LogP contribution in [0.25, 0.3) is 11.3 Å². The van der Waals surface area contributed by atoms with Crippen molar-refractivity contribution in [3.63, 3.8) is 0 Å². The minimum atomic E-state index is -0.764. The van der Waals surface area contributed by atoms with Crippen molar-refractivity contribution in [2.24, 2.45) is 11.8 Å². The number of aryl methyl sites for hydroxylation is 1. The molecule has 0 bridgehead atoms. The molecule has 1 aromatic heterocycles. The van der Waals surface area contributed by atoms with Crippen molar-refractivity contribution in [2.75, 3.05) is 37.7 Å². The topological polar surface area (TPSA) is 88.0 Å². The average molecular weight is 557 g/mol. The summed E-state index contributed by atoms with van der Waals surface area (Å²) in [7, 11) is 0. The van der Waals surface area contributed by atoms with E-state index in [1.165, 1.54) is 22.3 Å². The number of anilines is 1. The van der Waals surface area contributed by atoms with Crippen LogP contribution in [0.3, 0.4) is 0 Å². The predicted octanol–water partition coefficient (Wildman–Crippen LogP) is 5.03. The highest BCUT2D eigenvalue weighted by Gasteiger charge is 2.36. The SMILES string of the molecule is Cc1cccc(-c2ccnc(N3CC(C(=O)O)[C@@H](C)C3)n2)c1OCc1ccc2c(c1C)CCN(C1CCOCC1)C2. The van der Waals surface area contributed by atoms with Gasteiger partial charge in [-0.2, -0.15) is 0 Å². The standard InChI is InChI=1S/C33H40N4O4/c1-21-5-4-6-28(30-9-13-34-33(35-30)37-17-22(2)29(19-37)32(38)39)31(21)41-20-25-8-7-24-18-36(14-10-27(24)23(25)3)26-11-15-40-16-12-26/h4-9,13,22,26,29H,10-12,14-20H2,1-3H3,(H,38,39)/t22-,29?/m0/s1. The molecule has 3 aliphatic heterocycles. The van der Waals surface area contributed by atoms with Gasteiger partial charge in [-0.05, 0) is 79.0 Å². The Balaban J connectivity index is 1.20. The fraction of sp³-hybridized carbons (Fsp3) is 0.485. The Morgan fingerprint density at radius 1 is 1.12 bits per heavy atom. The molecule has 0 amide bonds. The van der Waals surface area contributed by atoms with Gasteiger partial charge in [-0.1, -0.05) is 31.2 Å². The maximum Gasteiger partial charge on any atom is 0.308 e. The number of rotatable bonds is 7. The van der Waals surface area contributed by atoms with Crippen molar-refractivity contribution >= 4 is 11.9 Å². The summed E-state index contributed by atoms with van der Waals surface area (Å²) in [5.41, 5.74) is 8.20. The summed E-state index contributed by atoms with van der Waals surface area (Å²) < 4.78 is 12.1. The van der Waals surface area contributed by atoms with Gasteiger partial charge in [0.1, 0.15) is 12.4 Å². The van der Waals surface area contributed by atoms with Gasteiger partial charge in [-0.25, -0.2) is 9.97 Å². The van der Waals surface area contributed by atoms with Crippen molar-refractivity contribution in [2.45, 2.75) is 59.2 Å². The van der Waals surface area contributed by atoms with Crippen LogP contribution in [0.15, 0.2) is 42.6 Å². The lowest BCUT2D eigenvalue weighted by Gasteiger charge is -2.38. The van der Waals surface area contributed by atoms with Gasteiger partial charge < -0.3 is 19.5 Å². The average Bonchev–Trinajstić information content (AvgIpc) is 3.39. The molecular weight excluding hydrogens is 516 g/mol. The van der Waals surface area contributed by atoms with E-state index in [1.54, 1.807) is 6.20 Å². The third-order valence-corrected chi connectivity index (χ3v) is 9.25. The molecule has 2 atom stereocenters. The van der Waals surface area contributed by atoms with Gasteiger partial charge >= 0.3 is 5.97 Å². The Labute approximate surface area is 242 Å². The molecular formula is C33H40N4O4. The van der Waals surface area contributed by atoms with E-state index in [0.29, 0.717) is 31.7 Å².